The van der Waals surface area contributed by atoms with Gasteiger partial charge in [0.25, 0.3) is 0 Å². The second kappa shape index (κ2) is 10.7. The second-order valence-electron chi connectivity index (χ2n) is 5.31. The van der Waals surface area contributed by atoms with Crippen molar-refractivity contribution in [3.8, 4) is 11.8 Å². The molecule has 1 aromatic rings. The third-order valence-electron chi connectivity index (χ3n) is 3.40. The summed E-state index contributed by atoms with van der Waals surface area (Å²) in [6, 6.07) is 11.7. The molecule has 0 aliphatic heterocycles. The van der Waals surface area contributed by atoms with Gasteiger partial charge < -0.3 is 9.64 Å². The predicted molar refractivity (Wildman–Crippen MR) is 87.4 cm³/mol. The van der Waals surface area contributed by atoms with Crippen LogP contribution in [0.3, 0.4) is 0 Å². The number of benzene rings is 1. The maximum Gasteiger partial charge on any atom is 0.239 e. The molecule has 0 radical (unpaired) electrons. The average Bonchev–Trinajstić information content (AvgIpc) is 2.55. The normalized spacial score (nSPS) is 11.5. The highest BCUT2D eigenvalue weighted by Crippen LogP contribution is 2.13. The molecule has 0 aliphatic rings. The Hall–Kier alpha value is -2.02. The minimum Gasteiger partial charge on any atom is -0.494 e. The van der Waals surface area contributed by atoms with Gasteiger partial charge in [-0.1, -0.05) is 32.0 Å². The Kier molecular flexibility index (Phi) is 8.74. The summed E-state index contributed by atoms with van der Waals surface area (Å²) in [6.45, 7) is 6.07. The molecule has 1 atom stereocenters. The number of carbonyl (C=O) groups excluding carboxylic acids is 1. The highest BCUT2D eigenvalue weighted by molar-refractivity contribution is 5.81. The van der Waals surface area contributed by atoms with Crippen molar-refractivity contribution in [2.24, 2.45) is 5.92 Å². The van der Waals surface area contributed by atoms with Gasteiger partial charge in [0.05, 0.1) is 12.7 Å². The number of amides is 1. The van der Waals surface area contributed by atoms with Crippen molar-refractivity contribution in [1.29, 1.82) is 5.26 Å². The Balaban J connectivity index is 2.40. The van der Waals surface area contributed by atoms with Gasteiger partial charge in [-0.25, -0.2) is 0 Å². The Morgan fingerprint density at radius 1 is 1.23 bits per heavy atom. The molecule has 0 fully saturated rings. The van der Waals surface area contributed by atoms with Gasteiger partial charge in [0.1, 0.15) is 11.7 Å². The van der Waals surface area contributed by atoms with Crippen LogP contribution in [0.1, 0.15) is 39.5 Å². The summed E-state index contributed by atoms with van der Waals surface area (Å²) in [5.41, 5.74) is 0. The third-order valence-corrected chi connectivity index (χ3v) is 3.40. The van der Waals surface area contributed by atoms with E-state index < -0.39 is 5.92 Å². The molecular weight excluding hydrogens is 276 g/mol. The molecule has 0 N–H and O–H groups in total. The summed E-state index contributed by atoms with van der Waals surface area (Å²) in [5, 5.41) is 9.26. The van der Waals surface area contributed by atoms with E-state index in [0.717, 1.165) is 31.7 Å². The number of nitriles is 1. The van der Waals surface area contributed by atoms with Crippen LogP contribution in [0.15, 0.2) is 30.3 Å². The molecule has 1 aromatic carbocycles. The molecule has 1 rings (SSSR count). The first-order chi connectivity index (χ1) is 10.7. The highest BCUT2D eigenvalue weighted by atomic mass is 16.5. The van der Waals surface area contributed by atoms with E-state index in [1.165, 1.54) is 0 Å². The Bertz CT molecular complexity index is 462. The van der Waals surface area contributed by atoms with E-state index in [-0.39, 0.29) is 5.91 Å². The molecular formula is C18H26N2O2. The van der Waals surface area contributed by atoms with Gasteiger partial charge >= 0.3 is 0 Å². The molecule has 22 heavy (non-hydrogen) atoms. The van der Waals surface area contributed by atoms with Crippen molar-refractivity contribution in [1.82, 2.24) is 4.90 Å². The number of ether oxygens (including phenoxy) is 1. The van der Waals surface area contributed by atoms with Gasteiger partial charge in [0.2, 0.25) is 5.91 Å². The zero-order valence-electron chi connectivity index (χ0n) is 13.6. The lowest BCUT2D eigenvalue weighted by Crippen LogP contribution is -2.37. The molecule has 0 heterocycles. The van der Waals surface area contributed by atoms with Crippen LogP contribution in [0.4, 0.5) is 0 Å². The van der Waals surface area contributed by atoms with E-state index in [1.807, 2.05) is 49.1 Å². The number of nitrogens with zero attached hydrogens (tertiary/aromatic N) is 2. The lowest BCUT2D eigenvalue weighted by Gasteiger charge is -2.23. The van der Waals surface area contributed by atoms with Crippen molar-refractivity contribution in [3.05, 3.63) is 30.3 Å². The Morgan fingerprint density at radius 3 is 2.41 bits per heavy atom. The van der Waals surface area contributed by atoms with Gasteiger partial charge in [0.15, 0.2) is 0 Å². The maximum atomic E-state index is 12.4. The Labute approximate surface area is 133 Å². The van der Waals surface area contributed by atoms with Crippen molar-refractivity contribution in [2.45, 2.75) is 39.5 Å². The van der Waals surface area contributed by atoms with Crippen LogP contribution in [0.5, 0.6) is 5.75 Å². The van der Waals surface area contributed by atoms with Crippen molar-refractivity contribution in [2.75, 3.05) is 19.7 Å². The zero-order chi connectivity index (χ0) is 16.2. The van der Waals surface area contributed by atoms with E-state index in [0.29, 0.717) is 19.4 Å². The summed E-state index contributed by atoms with van der Waals surface area (Å²) < 4.78 is 5.60. The quantitative estimate of drug-likeness (QED) is 0.620. The fraction of sp³-hybridized carbons (Fsp3) is 0.556. The summed E-state index contributed by atoms with van der Waals surface area (Å²) in [7, 11) is 0. The molecule has 1 amide bonds. The molecule has 0 spiro atoms. The van der Waals surface area contributed by atoms with Crippen molar-refractivity contribution < 1.29 is 9.53 Å². The van der Waals surface area contributed by atoms with Crippen LogP contribution >= 0.6 is 0 Å². The third kappa shape index (κ3) is 6.17. The van der Waals surface area contributed by atoms with Crippen molar-refractivity contribution >= 4 is 5.91 Å². The predicted octanol–water partition coefficient (Wildman–Crippen LogP) is 3.63. The SMILES string of the molecule is CCCN(CCC)C(=O)C(C#N)CCCOc1ccccc1. The van der Waals surface area contributed by atoms with E-state index in [9.17, 15) is 10.1 Å². The number of carbonyl (C=O) groups is 1. The summed E-state index contributed by atoms with van der Waals surface area (Å²) in [5.74, 6) is 0.226. The first kappa shape index (κ1) is 18.0. The summed E-state index contributed by atoms with van der Waals surface area (Å²) >= 11 is 0. The van der Waals surface area contributed by atoms with Crippen molar-refractivity contribution in [3.63, 3.8) is 0 Å². The molecule has 4 heteroatoms. The monoisotopic (exact) mass is 302 g/mol. The number of hydrogen-bond donors (Lipinski definition) is 0. The highest BCUT2D eigenvalue weighted by Gasteiger charge is 2.22. The van der Waals surface area contributed by atoms with Gasteiger partial charge in [0, 0.05) is 13.1 Å². The molecule has 0 aliphatic carbocycles. The van der Waals surface area contributed by atoms with Gasteiger partial charge in [-0.2, -0.15) is 5.26 Å². The molecule has 0 aromatic heterocycles. The molecule has 0 bridgehead atoms. The van der Waals surface area contributed by atoms with Crippen LogP contribution in [0.25, 0.3) is 0 Å². The number of hydrogen-bond acceptors (Lipinski definition) is 3. The average molecular weight is 302 g/mol. The van der Waals surface area contributed by atoms with E-state index in [4.69, 9.17) is 4.74 Å². The molecule has 4 nitrogen and oxygen atoms in total. The van der Waals surface area contributed by atoms with E-state index in [2.05, 4.69) is 6.07 Å². The van der Waals surface area contributed by atoms with Gasteiger partial charge in [-0.3, -0.25) is 4.79 Å². The second-order valence-corrected chi connectivity index (χ2v) is 5.31. The number of para-hydroxylation sites is 1. The molecule has 0 saturated heterocycles. The fourth-order valence-corrected chi connectivity index (χ4v) is 2.33. The standard InChI is InChI=1S/C18H26N2O2/c1-3-12-20(13-4-2)18(21)16(15-19)9-8-14-22-17-10-6-5-7-11-17/h5-7,10-11,16H,3-4,8-9,12-14H2,1-2H3. The molecule has 1 unspecified atom stereocenters. The first-order valence-corrected chi connectivity index (χ1v) is 8.09. The van der Waals surface area contributed by atoms with Crippen LogP contribution in [0.2, 0.25) is 0 Å². The van der Waals surface area contributed by atoms with Gasteiger partial charge in [-0.15, -0.1) is 0 Å². The lowest BCUT2D eigenvalue weighted by atomic mass is 10.0. The first-order valence-electron chi connectivity index (χ1n) is 8.09. The summed E-state index contributed by atoms with van der Waals surface area (Å²) in [4.78, 5) is 14.2. The molecule has 0 saturated carbocycles. The van der Waals surface area contributed by atoms with E-state index >= 15 is 0 Å². The van der Waals surface area contributed by atoms with Crippen LogP contribution < -0.4 is 4.74 Å². The maximum absolute atomic E-state index is 12.4. The largest absolute Gasteiger partial charge is 0.494 e. The minimum atomic E-state index is -0.558. The van der Waals surface area contributed by atoms with E-state index in [1.54, 1.807) is 0 Å². The zero-order valence-corrected chi connectivity index (χ0v) is 13.6. The van der Waals surface area contributed by atoms with Crippen LogP contribution in [-0.4, -0.2) is 30.5 Å². The fourth-order valence-electron chi connectivity index (χ4n) is 2.33. The lowest BCUT2D eigenvalue weighted by molar-refractivity contribution is -0.134. The van der Waals surface area contributed by atoms with Crippen LogP contribution in [-0.2, 0) is 4.79 Å². The topological polar surface area (TPSA) is 53.3 Å². The van der Waals surface area contributed by atoms with Gasteiger partial charge in [-0.05, 0) is 37.8 Å². The smallest absolute Gasteiger partial charge is 0.239 e. The Morgan fingerprint density at radius 2 is 1.86 bits per heavy atom. The minimum absolute atomic E-state index is 0.0362. The number of rotatable bonds is 10. The van der Waals surface area contributed by atoms with Crippen LogP contribution in [0, 0.1) is 17.2 Å². The summed E-state index contributed by atoms with van der Waals surface area (Å²) in [6.07, 6.45) is 3.08. The molecule has 120 valence electrons.